The highest BCUT2D eigenvalue weighted by atomic mass is 16.6. The Morgan fingerprint density at radius 1 is 0.518 bits per heavy atom. The first-order chi connectivity index (χ1) is 40.7. The number of ether oxygens (including phenoxy) is 12. The minimum atomic E-state index is -0.950. The fourth-order valence-electron chi connectivity index (χ4n) is 10.4. The Morgan fingerprint density at radius 3 is 1.38 bits per heavy atom. The lowest BCUT2D eigenvalue weighted by molar-refractivity contribution is -0.137. The molecular weight excluding hydrogens is 1120 g/mol. The summed E-state index contributed by atoms with van der Waals surface area (Å²) in [6, 6.07) is -0.512. The van der Waals surface area contributed by atoms with Crippen molar-refractivity contribution in [2.24, 2.45) is 21.1 Å². The maximum absolute atomic E-state index is 11.4. The number of nitrogens with zero attached hydrogens (tertiary/aromatic N) is 10. The average molecular weight is 1200 g/mol. The van der Waals surface area contributed by atoms with Crippen LogP contribution in [0.5, 0.6) is 0 Å². The third-order valence-corrected chi connectivity index (χ3v) is 15.3. The summed E-state index contributed by atoms with van der Waals surface area (Å²) >= 11 is 0. The van der Waals surface area contributed by atoms with E-state index in [2.05, 4.69) is 68.7 Å². The SMILES string of the molecule is COC(=O)C1=CC(O)C2OC2C1.COC(=O)C1=CC(OC)C(N)C(N=[N+]=[N-])C1.COC(=O)C1=CC(OC)C(O)C(N=[N+]=[N-])C1.COC(=O)C1=CC(OC)C2NC2C1.COC(=O)C1=CC(OC)C2OC2C1.COC(=O)C1=CC2C(C(N=[N+]=[N-])C1)N2C. The molecule has 6 aliphatic carbocycles. The monoisotopic (exact) mass is 1200 g/mol. The first-order valence-electron chi connectivity index (χ1n) is 26.6. The maximum atomic E-state index is 11.4. The van der Waals surface area contributed by atoms with Gasteiger partial charge < -0.3 is 78.1 Å². The number of aliphatic hydroxyl groups excluding tert-OH is 2. The average Bonchev–Trinajstić information content (AvgIpc) is 3.00. The quantitative estimate of drug-likeness (QED) is 0.0508. The molecule has 4 fully saturated rings. The molecule has 0 bridgehead atoms. The first-order valence-corrected chi connectivity index (χ1v) is 26.6. The zero-order valence-electron chi connectivity index (χ0n) is 48.9. The van der Waals surface area contributed by atoms with E-state index in [0.29, 0.717) is 59.2 Å². The third-order valence-electron chi connectivity index (χ3n) is 15.3. The number of methoxy groups -OCH3 is 10. The van der Waals surface area contributed by atoms with Gasteiger partial charge in [0, 0.05) is 114 Å². The Hall–Kier alpha value is -7.25. The van der Waals surface area contributed by atoms with Crippen molar-refractivity contribution in [3.63, 3.8) is 0 Å². The van der Waals surface area contributed by atoms with Crippen LogP contribution in [-0.2, 0) is 85.6 Å². The minimum Gasteiger partial charge on any atom is -0.466 e. The van der Waals surface area contributed by atoms with Gasteiger partial charge in [-0.05, 0) is 79.7 Å². The Bertz CT molecular complexity index is 2670. The van der Waals surface area contributed by atoms with Crippen molar-refractivity contribution in [3.8, 4) is 0 Å². The zero-order chi connectivity index (χ0) is 62.8. The van der Waals surface area contributed by atoms with Gasteiger partial charge in [0.25, 0.3) is 0 Å². The molecule has 0 saturated carbocycles. The van der Waals surface area contributed by atoms with Gasteiger partial charge in [0.05, 0.1) is 97.3 Å². The molecule has 0 spiro atoms. The van der Waals surface area contributed by atoms with Crippen molar-refractivity contribution >= 4 is 35.8 Å². The number of azide groups is 3. The van der Waals surface area contributed by atoms with Crippen molar-refractivity contribution in [2.75, 3.05) is 78.1 Å². The van der Waals surface area contributed by atoms with E-state index in [1.54, 1.807) is 26.4 Å². The molecule has 0 radical (unpaired) electrons. The zero-order valence-corrected chi connectivity index (χ0v) is 48.9. The van der Waals surface area contributed by atoms with E-state index in [1.165, 1.54) is 69.0 Å². The van der Waals surface area contributed by atoms with Gasteiger partial charge in [-0.2, -0.15) is 0 Å². The normalized spacial score (nSPS) is 33.9. The molecule has 32 heteroatoms. The molecular formula is C53H74N12O20. The van der Waals surface area contributed by atoms with Crippen LogP contribution in [0.3, 0.4) is 0 Å². The van der Waals surface area contributed by atoms with Crippen LogP contribution in [0.25, 0.3) is 31.3 Å². The molecule has 0 aromatic rings. The van der Waals surface area contributed by atoms with Crippen LogP contribution in [0.15, 0.2) is 85.2 Å². The molecule has 5 N–H and O–H groups in total. The van der Waals surface area contributed by atoms with Gasteiger partial charge in [0.15, 0.2) is 0 Å². The van der Waals surface area contributed by atoms with Crippen LogP contribution in [0, 0.1) is 0 Å². The lowest BCUT2D eigenvalue weighted by atomic mass is 9.89. The number of esters is 6. The number of fused-ring (bicyclic) bond motifs is 4. The second-order valence-corrected chi connectivity index (χ2v) is 20.2. The van der Waals surface area contributed by atoms with Crippen molar-refractivity contribution in [1.29, 1.82) is 0 Å². The summed E-state index contributed by atoms with van der Waals surface area (Å²) in [6.07, 6.45) is 10.5. The summed E-state index contributed by atoms with van der Waals surface area (Å²) < 4.78 is 58.6. The number of hydrogen-bond donors (Lipinski definition) is 4. The molecule has 10 rings (SSSR count). The summed E-state index contributed by atoms with van der Waals surface area (Å²) in [5, 5.41) is 33.0. The molecule has 10 aliphatic rings. The third kappa shape index (κ3) is 18.1. The Balaban J connectivity index is 0.000000187. The molecule has 0 aromatic carbocycles. The van der Waals surface area contributed by atoms with Gasteiger partial charge in [0.1, 0.15) is 30.5 Å². The van der Waals surface area contributed by atoms with E-state index >= 15 is 0 Å². The fraction of sp³-hybridized carbons (Fsp3) is 0.660. The summed E-state index contributed by atoms with van der Waals surface area (Å²) in [7, 11) is 16.1. The van der Waals surface area contributed by atoms with Gasteiger partial charge in [-0.1, -0.05) is 21.4 Å². The number of carbonyl (C=O) groups is 6. The van der Waals surface area contributed by atoms with Crippen LogP contribution in [0.4, 0.5) is 0 Å². The lowest BCUT2D eigenvalue weighted by Crippen LogP contribution is -2.47. The van der Waals surface area contributed by atoms with Gasteiger partial charge in [-0.3, -0.25) is 4.90 Å². The number of likely N-dealkylation sites (N-methyl/N-ethyl adjacent to an activating group) is 1. The van der Waals surface area contributed by atoms with Crippen LogP contribution in [0.2, 0.25) is 0 Å². The molecule has 4 saturated heterocycles. The van der Waals surface area contributed by atoms with Crippen LogP contribution in [0.1, 0.15) is 38.5 Å². The molecule has 85 heavy (non-hydrogen) atoms. The summed E-state index contributed by atoms with van der Waals surface area (Å²) in [4.78, 5) is 77.7. The number of nitrogens with two attached hydrogens (primary N) is 1. The molecule has 466 valence electrons. The van der Waals surface area contributed by atoms with E-state index in [-0.39, 0.29) is 91.5 Å². The highest BCUT2D eigenvalue weighted by Crippen LogP contribution is 2.41. The summed E-state index contributed by atoms with van der Waals surface area (Å²) in [6.45, 7) is 0. The van der Waals surface area contributed by atoms with E-state index in [9.17, 15) is 39.0 Å². The van der Waals surface area contributed by atoms with Crippen LogP contribution < -0.4 is 11.1 Å². The molecule has 0 aromatic heterocycles. The van der Waals surface area contributed by atoms with Gasteiger partial charge >= 0.3 is 35.8 Å². The second kappa shape index (κ2) is 32.3. The maximum Gasteiger partial charge on any atom is 0.333 e. The Morgan fingerprint density at radius 2 is 0.894 bits per heavy atom. The molecule has 32 nitrogen and oxygen atoms in total. The lowest BCUT2D eigenvalue weighted by Gasteiger charge is -2.30. The minimum absolute atomic E-state index is 0.0212. The predicted octanol–water partition coefficient (Wildman–Crippen LogP) is 1.64. The summed E-state index contributed by atoms with van der Waals surface area (Å²) in [5.74, 6) is -2.18. The number of nitrogens with one attached hydrogen (secondary N) is 1. The summed E-state index contributed by atoms with van der Waals surface area (Å²) in [5.41, 5.74) is 34.3. The van der Waals surface area contributed by atoms with Crippen molar-refractivity contribution < 1.29 is 95.8 Å². The standard InChI is InChI=1S/C9H14N4O3.C9H12N4O2.C9H13N3O4.C9H13NO3.C9H12O4.C8H10O4/c1-15-7-4-5(9(14)16-2)3-6(8(7)10)12-13-11;1-13-7-4-5(9(14)15-2)3-6(8(7)13)11-12-10;1-15-7-4-5(9(14)16-2)3-6(8(7)13)11-12-10;1-12-7-4-5(9(11)13-2)3-6-8(7)10-6;1-11-6-3-5(9(10)12-2)4-7-8(6)13-7;1-11-8(10)4-2-5(9)7-6(3-4)12-7/h4,6-8H,3,10H2,1-2H3;4,6-8H,3H2,1-2H3;4,6-8,13H,3H2,1-2H3;4,6-8,10H,3H2,1-2H3;3,6-8H,4H2,1-2H3;2,5-7,9H,3H2,1H3. The number of hydrogen-bond acceptors (Lipinski definition) is 26. The molecule has 0 amide bonds. The van der Waals surface area contributed by atoms with E-state index in [4.69, 9.17) is 50.7 Å². The van der Waals surface area contributed by atoms with E-state index in [1.807, 2.05) is 19.2 Å². The van der Waals surface area contributed by atoms with Crippen molar-refractivity contribution in [1.82, 2.24) is 10.2 Å². The Kier molecular flexibility index (Phi) is 26.0. The molecule has 4 heterocycles. The van der Waals surface area contributed by atoms with Gasteiger partial charge in [-0.25, -0.2) is 28.8 Å². The number of rotatable bonds is 13. The first kappa shape index (κ1) is 68.5. The topological polar surface area (TPSA) is 457 Å². The fourth-order valence-corrected chi connectivity index (χ4v) is 10.4. The number of carbonyl (C=O) groups excluding carboxylic acids is 6. The molecule has 4 aliphatic heterocycles. The predicted molar refractivity (Wildman–Crippen MR) is 294 cm³/mol. The molecule has 19 unspecified atom stereocenters. The second-order valence-electron chi connectivity index (χ2n) is 20.2. The van der Waals surface area contributed by atoms with Crippen LogP contribution >= 0.6 is 0 Å². The number of aliphatic hydroxyl groups is 2. The highest BCUT2D eigenvalue weighted by Gasteiger charge is 2.52. The van der Waals surface area contributed by atoms with Gasteiger partial charge in [-0.15, -0.1) is 0 Å². The van der Waals surface area contributed by atoms with E-state index < -0.39 is 54.5 Å². The smallest absolute Gasteiger partial charge is 0.333 e. The van der Waals surface area contributed by atoms with Crippen LogP contribution in [-0.4, -0.2) is 238 Å². The van der Waals surface area contributed by atoms with Crippen molar-refractivity contribution in [2.45, 2.75) is 148 Å². The van der Waals surface area contributed by atoms with Gasteiger partial charge in [0.2, 0.25) is 0 Å². The highest BCUT2D eigenvalue weighted by molar-refractivity contribution is 5.91. The molecule has 19 atom stereocenters. The van der Waals surface area contributed by atoms with E-state index in [0.717, 1.165) is 12.0 Å². The largest absolute Gasteiger partial charge is 0.466 e. The Labute approximate surface area is 489 Å². The van der Waals surface area contributed by atoms with Crippen molar-refractivity contribution in [3.05, 3.63) is 101 Å². The number of epoxide rings is 2.